The van der Waals surface area contributed by atoms with Gasteiger partial charge in [0.1, 0.15) is 12.4 Å². The van der Waals surface area contributed by atoms with Crippen LogP contribution in [0.25, 0.3) is 0 Å². The lowest BCUT2D eigenvalue weighted by atomic mass is 10.1. The van der Waals surface area contributed by atoms with E-state index in [0.717, 1.165) is 11.1 Å². The molecule has 0 aromatic heterocycles. The van der Waals surface area contributed by atoms with Crippen molar-refractivity contribution in [2.45, 2.75) is 19.6 Å². The Labute approximate surface area is 117 Å². The number of alkyl carbamates (subject to hydrolysis) is 1. The summed E-state index contributed by atoms with van der Waals surface area (Å²) >= 11 is 0. The minimum Gasteiger partial charge on any atom is -0.445 e. The van der Waals surface area contributed by atoms with Crippen molar-refractivity contribution in [3.05, 3.63) is 71.5 Å². The third-order valence-electron chi connectivity index (χ3n) is 2.92. The van der Waals surface area contributed by atoms with Crippen LogP contribution in [0.15, 0.2) is 54.6 Å². The Hall–Kier alpha value is -2.36. The van der Waals surface area contributed by atoms with Crippen LogP contribution < -0.4 is 5.32 Å². The lowest BCUT2D eigenvalue weighted by molar-refractivity contribution is 0.136. The van der Waals surface area contributed by atoms with Gasteiger partial charge in [-0.1, -0.05) is 42.5 Å². The van der Waals surface area contributed by atoms with Crippen LogP contribution in [0.4, 0.5) is 9.18 Å². The summed E-state index contributed by atoms with van der Waals surface area (Å²) < 4.78 is 17.9. The molecular formula is C16H16FNO2. The van der Waals surface area contributed by atoms with Crippen molar-refractivity contribution in [1.29, 1.82) is 0 Å². The number of benzene rings is 2. The Balaban J connectivity index is 1.83. The summed E-state index contributed by atoms with van der Waals surface area (Å²) in [6, 6.07) is 15.2. The number of hydrogen-bond donors (Lipinski definition) is 1. The number of halogens is 1. The monoisotopic (exact) mass is 273 g/mol. The molecule has 2 aromatic rings. The van der Waals surface area contributed by atoms with E-state index in [2.05, 4.69) is 5.32 Å². The van der Waals surface area contributed by atoms with Crippen molar-refractivity contribution >= 4 is 6.09 Å². The number of amides is 1. The smallest absolute Gasteiger partial charge is 0.407 e. The molecule has 0 aliphatic carbocycles. The number of hydrogen-bond acceptors (Lipinski definition) is 2. The molecule has 2 rings (SSSR count). The molecule has 104 valence electrons. The topological polar surface area (TPSA) is 38.3 Å². The molecule has 4 heteroatoms. The van der Waals surface area contributed by atoms with E-state index < -0.39 is 6.09 Å². The van der Waals surface area contributed by atoms with Gasteiger partial charge in [-0.25, -0.2) is 9.18 Å². The minimum atomic E-state index is -0.495. The van der Waals surface area contributed by atoms with Gasteiger partial charge >= 0.3 is 6.09 Å². The molecule has 0 fully saturated rings. The summed E-state index contributed by atoms with van der Waals surface area (Å²) in [6.45, 7) is 2.04. The molecule has 0 aliphatic rings. The van der Waals surface area contributed by atoms with Gasteiger partial charge in [0.05, 0.1) is 6.04 Å². The largest absolute Gasteiger partial charge is 0.445 e. The van der Waals surface area contributed by atoms with Crippen LogP contribution in [0.3, 0.4) is 0 Å². The molecule has 1 atom stereocenters. The zero-order valence-electron chi connectivity index (χ0n) is 11.2. The fourth-order valence-electron chi connectivity index (χ4n) is 1.78. The zero-order chi connectivity index (χ0) is 14.4. The average Bonchev–Trinajstić information content (AvgIpc) is 2.47. The first-order chi connectivity index (χ1) is 9.65. The average molecular weight is 273 g/mol. The lowest BCUT2D eigenvalue weighted by Gasteiger charge is -2.14. The van der Waals surface area contributed by atoms with Gasteiger partial charge in [0.25, 0.3) is 0 Å². The third-order valence-corrected chi connectivity index (χ3v) is 2.92. The van der Waals surface area contributed by atoms with Gasteiger partial charge in [-0.2, -0.15) is 0 Å². The van der Waals surface area contributed by atoms with Crippen LogP contribution in [-0.2, 0) is 11.3 Å². The van der Waals surface area contributed by atoms with Gasteiger partial charge in [0.2, 0.25) is 0 Å². The van der Waals surface area contributed by atoms with Gasteiger partial charge < -0.3 is 10.1 Å². The van der Waals surface area contributed by atoms with Crippen molar-refractivity contribution in [3.8, 4) is 0 Å². The molecule has 0 unspecified atom stereocenters. The fourth-order valence-corrected chi connectivity index (χ4v) is 1.78. The summed E-state index contributed by atoms with van der Waals surface area (Å²) in [5, 5.41) is 2.70. The van der Waals surface area contributed by atoms with Crippen LogP contribution in [0.5, 0.6) is 0 Å². The SMILES string of the molecule is C[C@@H](NC(=O)OCc1ccccc1)c1ccc(F)cc1. The van der Waals surface area contributed by atoms with Crippen LogP contribution in [0.2, 0.25) is 0 Å². The van der Waals surface area contributed by atoms with Crippen LogP contribution in [0.1, 0.15) is 24.1 Å². The second-order valence-electron chi connectivity index (χ2n) is 4.48. The van der Waals surface area contributed by atoms with E-state index in [0.29, 0.717) is 0 Å². The molecule has 0 aliphatic heterocycles. The maximum atomic E-state index is 12.8. The quantitative estimate of drug-likeness (QED) is 0.919. The maximum absolute atomic E-state index is 12.8. The van der Waals surface area contributed by atoms with Gasteiger partial charge in [-0.05, 0) is 30.2 Å². The molecule has 0 spiro atoms. The van der Waals surface area contributed by atoms with Gasteiger partial charge in [-0.3, -0.25) is 0 Å². The Morgan fingerprint density at radius 1 is 1.15 bits per heavy atom. The van der Waals surface area contributed by atoms with Crippen molar-refractivity contribution in [2.24, 2.45) is 0 Å². The Morgan fingerprint density at radius 3 is 2.45 bits per heavy atom. The predicted molar refractivity (Wildman–Crippen MR) is 74.6 cm³/mol. The molecule has 0 saturated carbocycles. The molecule has 20 heavy (non-hydrogen) atoms. The van der Waals surface area contributed by atoms with Crippen molar-refractivity contribution < 1.29 is 13.9 Å². The van der Waals surface area contributed by atoms with Crippen molar-refractivity contribution in [2.75, 3.05) is 0 Å². The second-order valence-corrected chi connectivity index (χ2v) is 4.48. The summed E-state index contributed by atoms with van der Waals surface area (Å²) in [6.07, 6.45) is -0.495. The predicted octanol–water partition coefficient (Wildman–Crippen LogP) is 3.81. The second kappa shape index (κ2) is 6.70. The van der Waals surface area contributed by atoms with E-state index >= 15 is 0 Å². The molecule has 3 nitrogen and oxygen atoms in total. The number of carbonyl (C=O) groups excluding carboxylic acids is 1. The van der Waals surface area contributed by atoms with Gasteiger partial charge in [0, 0.05) is 0 Å². The summed E-state index contributed by atoms with van der Waals surface area (Å²) in [5.74, 6) is -0.299. The van der Waals surface area contributed by atoms with Crippen molar-refractivity contribution in [1.82, 2.24) is 5.32 Å². The van der Waals surface area contributed by atoms with E-state index in [1.165, 1.54) is 12.1 Å². The number of nitrogens with one attached hydrogen (secondary N) is 1. The molecular weight excluding hydrogens is 257 g/mol. The first-order valence-electron chi connectivity index (χ1n) is 6.38. The number of carbonyl (C=O) groups is 1. The summed E-state index contributed by atoms with van der Waals surface area (Å²) in [7, 11) is 0. The van der Waals surface area contributed by atoms with E-state index in [1.807, 2.05) is 37.3 Å². The van der Waals surface area contributed by atoms with Gasteiger partial charge in [0.15, 0.2) is 0 Å². The molecule has 1 amide bonds. The Bertz CT molecular complexity index is 554. The fraction of sp³-hybridized carbons (Fsp3) is 0.188. The first kappa shape index (κ1) is 14.1. The molecule has 0 bridgehead atoms. The maximum Gasteiger partial charge on any atom is 0.407 e. The van der Waals surface area contributed by atoms with Crippen LogP contribution in [0, 0.1) is 5.82 Å². The summed E-state index contributed by atoms with van der Waals surface area (Å²) in [4.78, 5) is 11.7. The van der Waals surface area contributed by atoms with E-state index in [4.69, 9.17) is 4.74 Å². The van der Waals surface area contributed by atoms with E-state index in [-0.39, 0.29) is 18.5 Å². The van der Waals surface area contributed by atoms with Crippen LogP contribution >= 0.6 is 0 Å². The highest BCUT2D eigenvalue weighted by molar-refractivity contribution is 5.67. The highest BCUT2D eigenvalue weighted by Crippen LogP contribution is 2.13. The zero-order valence-corrected chi connectivity index (χ0v) is 11.2. The Kier molecular flexibility index (Phi) is 4.71. The van der Waals surface area contributed by atoms with E-state index in [9.17, 15) is 9.18 Å². The van der Waals surface area contributed by atoms with Gasteiger partial charge in [-0.15, -0.1) is 0 Å². The minimum absolute atomic E-state index is 0.225. The molecule has 1 N–H and O–H groups in total. The Morgan fingerprint density at radius 2 is 1.80 bits per heavy atom. The molecule has 0 saturated heterocycles. The third kappa shape index (κ3) is 4.09. The highest BCUT2D eigenvalue weighted by Gasteiger charge is 2.10. The van der Waals surface area contributed by atoms with Crippen LogP contribution in [-0.4, -0.2) is 6.09 Å². The summed E-state index contributed by atoms with van der Waals surface area (Å²) in [5.41, 5.74) is 1.75. The first-order valence-corrected chi connectivity index (χ1v) is 6.38. The van der Waals surface area contributed by atoms with Crippen molar-refractivity contribution in [3.63, 3.8) is 0 Å². The normalized spacial score (nSPS) is 11.7. The molecule has 0 heterocycles. The molecule has 2 aromatic carbocycles. The van der Waals surface area contributed by atoms with E-state index in [1.54, 1.807) is 12.1 Å². The molecule has 0 radical (unpaired) electrons. The number of ether oxygens (including phenoxy) is 1. The lowest BCUT2D eigenvalue weighted by Crippen LogP contribution is -2.27. The number of rotatable bonds is 4. The standard InChI is InChI=1S/C16H16FNO2/c1-12(14-7-9-15(17)10-8-14)18-16(19)20-11-13-5-3-2-4-6-13/h2-10,12H,11H2,1H3,(H,18,19)/t12-/m1/s1. The highest BCUT2D eigenvalue weighted by atomic mass is 19.1.